The van der Waals surface area contributed by atoms with E-state index in [0.717, 1.165) is 10.6 Å². The number of carbonyl (C=O) groups is 1. The molecule has 1 aromatic rings. The van der Waals surface area contributed by atoms with E-state index in [1.807, 2.05) is 24.3 Å². The number of anilines is 1. The van der Waals surface area contributed by atoms with Crippen LogP contribution >= 0.6 is 24.0 Å². The van der Waals surface area contributed by atoms with Crippen molar-refractivity contribution in [3.05, 3.63) is 24.3 Å². The highest BCUT2D eigenvalue weighted by Gasteiger charge is 2.23. The molecule has 2 rings (SSSR count). The van der Waals surface area contributed by atoms with Crippen LogP contribution in [0.4, 0.5) is 5.69 Å². The van der Waals surface area contributed by atoms with Crippen LogP contribution in [0.15, 0.2) is 29.2 Å². The van der Waals surface area contributed by atoms with Crippen LogP contribution in [-0.4, -0.2) is 23.2 Å². The number of benzene rings is 1. The molecule has 1 aromatic carbocycles. The molecule has 0 aliphatic carbocycles. The third-order valence-electron chi connectivity index (χ3n) is 2.39. The zero-order chi connectivity index (χ0) is 11.5. The van der Waals surface area contributed by atoms with Crippen LogP contribution in [0.3, 0.4) is 0 Å². The van der Waals surface area contributed by atoms with Crippen LogP contribution in [0, 0.1) is 0 Å². The number of para-hydroxylation sites is 1. The molecule has 0 saturated carbocycles. The van der Waals surface area contributed by atoms with Gasteiger partial charge in [-0.1, -0.05) is 24.4 Å². The smallest absolute Gasteiger partial charge is 0.237 e. The van der Waals surface area contributed by atoms with Gasteiger partial charge in [-0.2, -0.15) is 0 Å². The summed E-state index contributed by atoms with van der Waals surface area (Å²) in [5, 5.41) is 0. The standard InChI is InChI=1S/C11H12N2OS2/c12-10(15)5-6-13-8-3-1-2-4-9(8)16-7-11(13)14/h1-4H,5-7H2,(H2,12,15). The molecule has 16 heavy (non-hydrogen) atoms. The Hall–Kier alpha value is -1.07. The highest BCUT2D eigenvalue weighted by Crippen LogP contribution is 2.34. The second-order valence-corrected chi connectivity index (χ2v) is 5.06. The molecule has 0 bridgehead atoms. The minimum Gasteiger partial charge on any atom is -0.393 e. The van der Waals surface area contributed by atoms with Gasteiger partial charge in [0.05, 0.1) is 16.4 Å². The summed E-state index contributed by atoms with van der Waals surface area (Å²) in [6.45, 7) is 0.575. The summed E-state index contributed by atoms with van der Waals surface area (Å²) in [6.07, 6.45) is 0.570. The lowest BCUT2D eigenvalue weighted by molar-refractivity contribution is -0.116. The highest BCUT2D eigenvalue weighted by atomic mass is 32.2. The molecule has 1 aliphatic heterocycles. The summed E-state index contributed by atoms with van der Waals surface area (Å²) in [5.41, 5.74) is 6.44. The van der Waals surface area contributed by atoms with Gasteiger partial charge in [-0.25, -0.2) is 0 Å². The number of rotatable bonds is 3. The molecule has 84 valence electrons. The molecule has 1 amide bonds. The van der Waals surface area contributed by atoms with E-state index in [-0.39, 0.29) is 5.91 Å². The van der Waals surface area contributed by atoms with Gasteiger partial charge >= 0.3 is 0 Å². The Morgan fingerprint density at radius 1 is 1.50 bits per heavy atom. The number of amides is 1. The number of thioether (sulfide) groups is 1. The van der Waals surface area contributed by atoms with Crippen LogP contribution in [-0.2, 0) is 4.79 Å². The average Bonchev–Trinajstić information content (AvgIpc) is 2.27. The van der Waals surface area contributed by atoms with Crippen molar-refractivity contribution in [2.45, 2.75) is 11.3 Å². The van der Waals surface area contributed by atoms with Crippen molar-refractivity contribution in [3.8, 4) is 0 Å². The van der Waals surface area contributed by atoms with Crippen molar-refractivity contribution in [2.24, 2.45) is 5.73 Å². The molecular formula is C11H12N2OS2. The molecule has 0 fully saturated rings. The fraction of sp³-hybridized carbons (Fsp3) is 0.273. The van der Waals surface area contributed by atoms with E-state index in [4.69, 9.17) is 18.0 Å². The number of hydrogen-bond donors (Lipinski definition) is 1. The minimum absolute atomic E-state index is 0.125. The largest absolute Gasteiger partial charge is 0.393 e. The lowest BCUT2D eigenvalue weighted by atomic mass is 10.2. The van der Waals surface area contributed by atoms with Crippen LogP contribution < -0.4 is 10.6 Å². The van der Waals surface area contributed by atoms with E-state index in [1.54, 1.807) is 16.7 Å². The lowest BCUT2D eigenvalue weighted by Crippen LogP contribution is -2.37. The Morgan fingerprint density at radius 2 is 2.25 bits per heavy atom. The molecule has 0 saturated heterocycles. The van der Waals surface area contributed by atoms with Crippen LogP contribution in [0.2, 0.25) is 0 Å². The number of thiocarbonyl (C=S) groups is 1. The predicted molar refractivity (Wildman–Crippen MR) is 70.9 cm³/mol. The molecule has 3 nitrogen and oxygen atoms in total. The highest BCUT2D eigenvalue weighted by molar-refractivity contribution is 8.00. The Balaban J connectivity index is 2.23. The topological polar surface area (TPSA) is 46.3 Å². The molecule has 0 unspecified atom stereocenters. The van der Waals surface area contributed by atoms with E-state index in [0.29, 0.717) is 23.7 Å². The Kier molecular flexibility index (Phi) is 3.46. The van der Waals surface area contributed by atoms with Gasteiger partial charge in [0.15, 0.2) is 0 Å². The van der Waals surface area contributed by atoms with Gasteiger partial charge in [0, 0.05) is 17.9 Å². The normalized spacial score (nSPS) is 14.8. The van der Waals surface area contributed by atoms with Crippen LogP contribution in [0.5, 0.6) is 0 Å². The van der Waals surface area contributed by atoms with E-state index in [9.17, 15) is 4.79 Å². The number of fused-ring (bicyclic) bond motifs is 1. The van der Waals surface area contributed by atoms with Crippen molar-refractivity contribution in [3.63, 3.8) is 0 Å². The second kappa shape index (κ2) is 4.84. The summed E-state index contributed by atoms with van der Waals surface area (Å²) < 4.78 is 0. The summed E-state index contributed by atoms with van der Waals surface area (Å²) in [6, 6.07) is 7.90. The molecule has 2 N–H and O–H groups in total. The van der Waals surface area contributed by atoms with Gasteiger partial charge in [-0.3, -0.25) is 4.79 Å². The maximum atomic E-state index is 11.8. The van der Waals surface area contributed by atoms with Crippen molar-refractivity contribution in [2.75, 3.05) is 17.2 Å². The van der Waals surface area contributed by atoms with Crippen molar-refractivity contribution in [1.29, 1.82) is 0 Å². The number of nitrogens with two attached hydrogens (primary N) is 1. The zero-order valence-electron chi connectivity index (χ0n) is 8.68. The third-order valence-corrected chi connectivity index (χ3v) is 3.64. The van der Waals surface area contributed by atoms with Gasteiger partial charge in [0.1, 0.15) is 0 Å². The summed E-state index contributed by atoms with van der Waals surface area (Å²) >= 11 is 6.42. The van der Waals surface area contributed by atoms with Crippen molar-refractivity contribution < 1.29 is 4.79 Å². The summed E-state index contributed by atoms with van der Waals surface area (Å²) in [7, 11) is 0. The summed E-state index contributed by atoms with van der Waals surface area (Å²) in [5.74, 6) is 0.619. The van der Waals surface area contributed by atoms with E-state index >= 15 is 0 Å². The first-order valence-corrected chi connectivity index (χ1v) is 6.38. The van der Waals surface area contributed by atoms with Gasteiger partial charge in [0.2, 0.25) is 5.91 Å². The molecule has 1 heterocycles. The maximum absolute atomic E-state index is 11.8. The molecule has 5 heteroatoms. The average molecular weight is 252 g/mol. The van der Waals surface area contributed by atoms with E-state index in [1.165, 1.54) is 0 Å². The van der Waals surface area contributed by atoms with Crippen LogP contribution in [0.1, 0.15) is 6.42 Å². The first-order valence-electron chi connectivity index (χ1n) is 4.99. The minimum atomic E-state index is 0.125. The SMILES string of the molecule is NC(=S)CCN1C(=O)CSc2ccccc21. The molecule has 0 aromatic heterocycles. The Bertz CT molecular complexity index is 434. The second-order valence-electron chi connectivity index (χ2n) is 3.52. The molecular weight excluding hydrogens is 240 g/mol. The molecule has 0 radical (unpaired) electrons. The summed E-state index contributed by atoms with van der Waals surface area (Å²) in [4.78, 5) is 15.2. The van der Waals surface area contributed by atoms with Crippen LogP contribution in [0.25, 0.3) is 0 Å². The lowest BCUT2D eigenvalue weighted by Gasteiger charge is -2.28. The fourth-order valence-corrected chi connectivity index (χ4v) is 2.65. The van der Waals surface area contributed by atoms with Gasteiger partial charge < -0.3 is 10.6 Å². The molecule has 0 spiro atoms. The zero-order valence-corrected chi connectivity index (χ0v) is 10.3. The first-order chi connectivity index (χ1) is 7.68. The maximum Gasteiger partial charge on any atom is 0.237 e. The fourth-order valence-electron chi connectivity index (χ4n) is 1.62. The number of nitrogens with zero attached hydrogens (tertiary/aromatic N) is 1. The van der Waals surface area contributed by atoms with Gasteiger partial charge in [0.25, 0.3) is 0 Å². The number of carbonyl (C=O) groups excluding carboxylic acids is 1. The molecule has 1 aliphatic rings. The van der Waals surface area contributed by atoms with E-state index in [2.05, 4.69) is 0 Å². The predicted octanol–water partition coefficient (Wildman–Crippen LogP) is 1.80. The third kappa shape index (κ3) is 2.36. The van der Waals surface area contributed by atoms with Gasteiger partial charge in [-0.05, 0) is 12.1 Å². The molecule has 0 atom stereocenters. The Morgan fingerprint density at radius 3 is 3.00 bits per heavy atom. The monoisotopic (exact) mass is 252 g/mol. The van der Waals surface area contributed by atoms with E-state index < -0.39 is 0 Å². The van der Waals surface area contributed by atoms with Crippen molar-refractivity contribution in [1.82, 2.24) is 0 Å². The first kappa shape index (κ1) is 11.4. The number of hydrogen-bond acceptors (Lipinski definition) is 3. The quantitative estimate of drug-likeness (QED) is 0.833. The van der Waals surface area contributed by atoms with Gasteiger partial charge in [-0.15, -0.1) is 11.8 Å². The van der Waals surface area contributed by atoms with Crippen molar-refractivity contribution >= 4 is 40.6 Å². The Labute approximate surface area is 104 Å².